The van der Waals surface area contributed by atoms with Crippen molar-refractivity contribution in [1.82, 2.24) is 0 Å². The summed E-state index contributed by atoms with van der Waals surface area (Å²) < 4.78 is 22.2. The van der Waals surface area contributed by atoms with E-state index in [1.165, 1.54) is 5.56 Å². The lowest BCUT2D eigenvalue weighted by molar-refractivity contribution is -0.115. The molecule has 4 saturated heterocycles. The lowest BCUT2D eigenvalue weighted by Gasteiger charge is -2.23. The molecule has 4 aliphatic heterocycles. The summed E-state index contributed by atoms with van der Waals surface area (Å²) in [4.78, 5) is 24.5. The van der Waals surface area contributed by atoms with Gasteiger partial charge in [0.05, 0.1) is 56.4 Å². The van der Waals surface area contributed by atoms with Gasteiger partial charge < -0.3 is 30.4 Å². The Morgan fingerprint density at radius 1 is 0.774 bits per heavy atom. The first-order chi connectivity index (χ1) is 14.9. The summed E-state index contributed by atoms with van der Waals surface area (Å²) >= 11 is 0. The molecule has 4 heterocycles. The van der Waals surface area contributed by atoms with Gasteiger partial charge in [-0.25, -0.2) is 0 Å². The zero-order valence-corrected chi connectivity index (χ0v) is 17.6. The quantitative estimate of drug-likeness (QED) is 0.382. The Kier molecular flexibility index (Phi) is 5.34. The number of carbonyl (C=O) groups excluding carboxylic acids is 2. The van der Waals surface area contributed by atoms with Crippen molar-refractivity contribution >= 4 is 17.4 Å². The van der Waals surface area contributed by atoms with Crippen molar-refractivity contribution in [2.75, 3.05) is 26.4 Å². The van der Waals surface area contributed by atoms with E-state index in [0.717, 1.165) is 55.8 Å². The third-order valence-corrected chi connectivity index (χ3v) is 6.37. The van der Waals surface area contributed by atoms with E-state index in [4.69, 9.17) is 30.4 Å². The van der Waals surface area contributed by atoms with Crippen LogP contribution in [0, 0.1) is 0 Å². The van der Waals surface area contributed by atoms with E-state index in [9.17, 15) is 9.59 Å². The Bertz CT molecular complexity index is 955. The minimum Gasteiger partial charge on any atom is -0.373 e. The number of amides is 2. The van der Waals surface area contributed by atoms with Crippen LogP contribution in [0.25, 0.3) is 5.57 Å². The van der Waals surface area contributed by atoms with Crippen molar-refractivity contribution in [3.63, 3.8) is 0 Å². The molecule has 4 N–H and O–H groups in total. The zero-order chi connectivity index (χ0) is 21.7. The maximum atomic E-state index is 12.5. The van der Waals surface area contributed by atoms with E-state index in [1.54, 1.807) is 6.92 Å². The van der Waals surface area contributed by atoms with Crippen molar-refractivity contribution < 1.29 is 28.5 Å². The third-order valence-electron chi connectivity index (χ3n) is 6.37. The molecule has 4 aliphatic rings. The van der Waals surface area contributed by atoms with Crippen LogP contribution in [-0.2, 0) is 54.2 Å². The Labute approximate surface area is 180 Å². The van der Waals surface area contributed by atoms with Crippen LogP contribution in [0.15, 0.2) is 11.6 Å². The highest BCUT2D eigenvalue weighted by molar-refractivity contribution is 6.25. The molecule has 4 fully saturated rings. The number of epoxide rings is 4. The maximum Gasteiger partial charge on any atom is 0.249 e. The van der Waals surface area contributed by atoms with E-state index >= 15 is 0 Å². The molecule has 4 unspecified atom stereocenters. The number of ether oxygens (including phenoxy) is 4. The van der Waals surface area contributed by atoms with Gasteiger partial charge in [-0.05, 0) is 34.7 Å². The fraction of sp³-hybridized carbons (Fsp3) is 0.565. The van der Waals surface area contributed by atoms with Gasteiger partial charge in [-0.15, -0.1) is 0 Å². The average molecular weight is 428 g/mol. The molecule has 0 radical (unpaired) electrons. The lowest BCUT2D eigenvalue weighted by atomic mass is 9.81. The SMILES string of the molecule is CC(C(N)=O)=C(C(N)=O)c1cc(CC2CO2)c(CC2CO2)c(CC2CO2)c1CC1CO1. The molecule has 0 aromatic heterocycles. The number of benzene rings is 1. The summed E-state index contributed by atoms with van der Waals surface area (Å²) in [6.07, 6.45) is 3.61. The summed E-state index contributed by atoms with van der Waals surface area (Å²) in [5.74, 6) is -1.31. The largest absolute Gasteiger partial charge is 0.373 e. The molecule has 0 bridgehead atoms. The highest BCUT2D eigenvalue weighted by Gasteiger charge is 2.36. The summed E-state index contributed by atoms with van der Waals surface area (Å²) in [5, 5.41) is 0. The molecule has 2 amide bonds. The van der Waals surface area contributed by atoms with Crippen LogP contribution < -0.4 is 11.5 Å². The van der Waals surface area contributed by atoms with Gasteiger partial charge in [0.2, 0.25) is 11.8 Å². The Hall–Kier alpha value is -2.26. The number of hydrogen-bond donors (Lipinski definition) is 2. The first-order valence-electron chi connectivity index (χ1n) is 10.8. The van der Waals surface area contributed by atoms with Crippen molar-refractivity contribution in [3.05, 3.63) is 39.5 Å². The Morgan fingerprint density at radius 3 is 1.68 bits per heavy atom. The van der Waals surface area contributed by atoms with E-state index in [-0.39, 0.29) is 35.6 Å². The molecular formula is C23H28N2O6. The molecule has 1 aromatic rings. The van der Waals surface area contributed by atoms with Crippen LogP contribution in [0.3, 0.4) is 0 Å². The fourth-order valence-electron chi connectivity index (χ4n) is 4.34. The average Bonchev–Trinajstić information content (AvgIpc) is 3.50. The minimum atomic E-state index is -0.658. The normalized spacial score (nSPS) is 28.7. The Balaban J connectivity index is 1.71. The van der Waals surface area contributed by atoms with Gasteiger partial charge >= 0.3 is 0 Å². The van der Waals surface area contributed by atoms with E-state index in [1.807, 2.05) is 6.07 Å². The fourth-order valence-corrected chi connectivity index (χ4v) is 4.34. The monoisotopic (exact) mass is 428 g/mol. The molecular weight excluding hydrogens is 400 g/mol. The highest BCUT2D eigenvalue weighted by Crippen LogP contribution is 2.38. The van der Waals surface area contributed by atoms with Crippen molar-refractivity contribution in [3.8, 4) is 0 Å². The number of hydrogen-bond acceptors (Lipinski definition) is 6. The predicted molar refractivity (Wildman–Crippen MR) is 111 cm³/mol. The molecule has 0 spiro atoms. The summed E-state index contributed by atoms with van der Waals surface area (Å²) in [6, 6.07) is 2.01. The van der Waals surface area contributed by atoms with E-state index in [0.29, 0.717) is 18.6 Å². The van der Waals surface area contributed by atoms with Crippen molar-refractivity contribution in [2.45, 2.75) is 57.0 Å². The zero-order valence-electron chi connectivity index (χ0n) is 17.6. The second kappa shape index (κ2) is 8.02. The summed E-state index contributed by atoms with van der Waals surface area (Å²) in [5.41, 5.74) is 16.9. The maximum absolute atomic E-state index is 12.5. The second-order valence-electron chi connectivity index (χ2n) is 8.89. The molecule has 166 valence electrons. The number of nitrogens with two attached hydrogens (primary N) is 2. The summed E-state index contributed by atoms with van der Waals surface area (Å²) in [7, 11) is 0. The first-order valence-corrected chi connectivity index (χ1v) is 10.8. The number of carbonyl (C=O) groups is 2. The van der Waals surface area contributed by atoms with Crippen LogP contribution in [0.4, 0.5) is 0 Å². The molecule has 4 atom stereocenters. The molecule has 1 aromatic carbocycles. The standard InChI is InChI=1S/C23H28N2O6/c1-11(22(24)26)21(23(25)27)20-3-12(2-13-7-28-13)17(4-14-8-29-14)18(5-15-9-30-15)19(20)6-16-10-31-16/h3,13-16H,2,4-10H2,1H3,(H2,24,26)(H2,25,27). The van der Waals surface area contributed by atoms with Crippen molar-refractivity contribution in [2.24, 2.45) is 11.5 Å². The lowest BCUT2D eigenvalue weighted by Crippen LogP contribution is -2.23. The molecule has 5 rings (SSSR count). The number of primary amides is 2. The molecule has 8 nitrogen and oxygen atoms in total. The van der Waals surface area contributed by atoms with Gasteiger partial charge in [0.15, 0.2) is 0 Å². The van der Waals surface area contributed by atoms with Crippen LogP contribution in [0.2, 0.25) is 0 Å². The summed E-state index contributed by atoms with van der Waals surface area (Å²) in [6.45, 7) is 4.45. The van der Waals surface area contributed by atoms with Gasteiger partial charge in [-0.3, -0.25) is 9.59 Å². The van der Waals surface area contributed by atoms with Crippen LogP contribution in [-0.4, -0.2) is 62.7 Å². The van der Waals surface area contributed by atoms with Gasteiger partial charge in [0.25, 0.3) is 0 Å². The van der Waals surface area contributed by atoms with Crippen LogP contribution in [0.1, 0.15) is 34.7 Å². The minimum absolute atomic E-state index is 0.100. The van der Waals surface area contributed by atoms with Crippen molar-refractivity contribution in [1.29, 1.82) is 0 Å². The van der Waals surface area contributed by atoms with E-state index in [2.05, 4.69) is 0 Å². The van der Waals surface area contributed by atoms with Crippen LogP contribution in [0.5, 0.6) is 0 Å². The third kappa shape index (κ3) is 4.82. The van der Waals surface area contributed by atoms with Crippen LogP contribution >= 0.6 is 0 Å². The molecule has 8 heteroatoms. The van der Waals surface area contributed by atoms with Gasteiger partial charge in [-0.2, -0.15) is 0 Å². The predicted octanol–water partition coefficient (Wildman–Crippen LogP) is 0.196. The second-order valence-corrected chi connectivity index (χ2v) is 8.89. The first kappa shape index (κ1) is 20.6. The molecule has 0 saturated carbocycles. The van der Waals surface area contributed by atoms with E-state index < -0.39 is 11.8 Å². The topological polar surface area (TPSA) is 136 Å². The number of rotatable bonds is 11. The Morgan fingerprint density at radius 2 is 1.23 bits per heavy atom. The molecule has 31 heavy (non-hydrogen) atoms. The van der Waals surface area contributed by atoms with Gasteiger partial charge in [0, 0.05) is 31.3 Å². The smallest absolute Gasteiger partial charge is 0.249 e. The van der Waals surface area contributed by atoms with Gasteiger partial charge in [0.1, 0.15) is 0 Å². The highest BCUT2D eigenvalue weighted by atomic mass is 16.6. The molecule has 0 aliphatic carbocycles. The van der Waals surface area contributed by atoms with Gasteiger partial charge in [-0.1, -0.05) is 6.07 Å².